The molecule has 2 heterocycles. The van der Waals surface area contributed by atoms with Crippen LogP contribution in [0.15, 0.2) is 41.2 Å². The summed E-state index contributed by atoms with van der Waals surface area (Å²) in [5.74, 6) is 0.643. The standard InChI is InChI=1S/C25H29FN4O5/c1-16(17-4-6-18(26)7-5-17)27-24(31)15-30-23(14-29-8-10-35-11-9-29)28-20-13-22(34-3)21(33-2)12-19(20)25(30)32/h4-7,12-13,16H,8-11,14-15H2,1-3H3,(H,27,31). The van der Waals surface area contributed by atoms with Crippen molar-refractivity contribution in [1.82, 2.24) is 19.8 Å². The maximum atomic E-state index is 13.5. The number of carbonyl (C=O) groups excluding carboxylic acids is 1. The number of aromatic nitrogens is 2. The third-order valence-corrected chi connectivity index (χ3v) is 6.06. The number of hydrogen-bond donors (Lipinski definition) is 1. The fourth-order valence-electron chi connectivity index (χ4n) is 4.10. The minimum absolute atomic E-state index is 0.207. The number of methoxy groups -OCH3 is 2. The lowest BCUT2D eigenvalue weighted by atomic mass is 10.1. The Kier molecular flexibility index (Phi) is 7.62. The average molecular weight is 485 g/mol. The molecule has 1 unspecified atom stereocenters. The molecular weight excluding hydrogens is 455 g/mol. The van der Waals surface area contributed by atoms with Crippen LogP contribution in [0.2, 0.25) is 0 Å². The quantitative estimate of drug-likeness (QED) is 0.524. The molecule has 35 heavy (non-hydrogen) atoms. The van der Waals surface area contributed by atoms with Crippen LogP contribution in [0.3, 0.4) is 0 Å². The zero-order valence-corrected chi connectivity index (χ0v) is 20.0. The minimum atomic E-state index is -0.362. The van der Waals surface area contributed by atoms with E-state index >= 15 is 0 Å². The molecule has 186 valence electrons. The number of morpholine rings is 1. The van der Waals surface area contributed by atoms with Gasteiger partial charge >= 0.3 is 0 Å². The first-order valence-electron chi connectivity index (χ1n) is 11.4. The molecule has 1 atom stereocenters. The van der Waals surface area contributed by atoms with Crippen LogP contribution in [0.1, 0.15) is 24.4 Å². The van der Waals surface area contributed by atoms with Crippen molar-refractivity contribution in [2.75, 3.05) is 40.5 Å². The molecule has 2 aromatic carbocycles. The molecule has 1 N–H and O–H groups in total. The van der Waals surface area contributed by atoms with Crippen LogP contribution in [0, 0.1) is 5.82 Å². The number of hydrogen-bond acceptors (Lipinski definition) is 7. The second kappa shape index (κ2) is 10.8. The lowest BCUT2D eigenvalue weighted by Gasteiger charge is -2.27. The number of fused-ring (bicyclic) bond motifs is 1. The molecule has 0 aliphatic carbocycles. The Morgan fingerprint density at radius 1 is 1.14 bits per heavy atom. The predicted octanol–water partition coefficient (Wildman–Crippen LogP) is 2.26. The van der Waals surface area contributed by atoms with E-state index in [0.29, 0.717) is 61.1 Å². The zero-order chi connectivity index (χ0) is 24.9. The van der Waals surface area contributed by atoms with Gasteiger partial charge in [-0.05, 0) is 30.7 Å². The summed E-state index contributed by atoms with van der Waals surface area (Å²) in [6.07, 6.45) is 0. The Morgan fingerprint density at radius 3 is 2.46 bits per heavy atom. The van der Waals surface area contributed by atoms with E-state index in [-0.39, 0.29) is 29.9 Å². The van der Waals surface area contributed by atoms with Gasteiger partial charge in [-0.15, -0.1) is 0 Å². The summed E-state index contributed by atoms with van der Waals surface area (Å²) in [5.41, 5.74) is 0.880. The van der Waals surface area contributed by atoms with Crippen molar-refractivity contribution in [3.05, 3.63) is 64.0 Å². The fraction of sp³-hybridized carbons (Fsp3) is 0.400. The van der Waals surface area contributed by atoms with Crippen molar-refractivity contribution in [2.24, 2.45) is 0 Å². The number of carbonyl (C=O) groups is 1. The number of nitrogens with one attached hydrogen (secondary N) is 1. The first-order chi connectivity index (χ1) is 16.9. The zero-order valence-electron chi connectivity index (χ0n) is 20.0. The van der Waals surface area contributed by atoms with Crippen LogP contribution in [0.25, 0.3) is 10.9 Å². The lowest BCUT2D eigenvalue weighted by molar-refractivity contribution is -0.122. The molecule has 0 spiro atoms. The minimum Gasteiger partial charge on any atom is -0.493 e. The molecule has 4 rings (SSSR count). The van der Waals surface area contributed by atoms with Gasteiger partial charge in [-0.25, -0.2) is 9.37 Å². The van der Waals surface area contributed by atoms with Gasteiger partial charge in [0.15, 0.2) is 11.5 Å². The van der Waals surface area contributed by atoms with Gasteiger partial charge in [0.1, 0.15) is 18.2 Å². The van der Waals surface area contributed by atoms with E-state index < -0.39 is 0 Å². The second-order valence-electron chi connectivity index (χ2n) is 8.37. The maximum absolute atomic E-state index is 13.5. The normalized spacial score (nSPS) is 15.1. The number of ether oxygens (including phenoxy) is 3. The van der Waals surface area contributed by atoms with Crippen molar-refractivity contribution in [2.45, 2.75) is 26.1 Å². The average Bonchev–Trinajstić information content (AvgIpc) is 2.86. The molecule has 9 nitrogen and oxygen atoms in total. The molecule has 1 saturated heterocycles. The largest absolute Gasteiger partial charge is 0.493 e. The fourth-order valence-corrected chi connectivity index (χ4v) is 4.10. The molecule has 1 amide bonds. The van der Waals surface area contributed by atoms with Crippen molar-refractivity contribution < 1.29 is 23.4 Å². The van der Waals surface area contributed by atoms with Gasteiger partial charge < -0.3 is 19.5 Å². The highest BCUT2D eigenvalue weighted by molar-refractivity contribution is 5.83. The van der Waals surface area contributed by atoms with Crippen LogP contribution in [0.5, 0.6) is 11.5 Å². The molecule has 0 radical (unpaired) electrons. The van der Waals surface area contributed by atoms with Gasteiger partial charge in [-0.2, -0.15) is 0 Å². The van der Waals surface area contributed by atoms with Crippen molar-refractivity contribution in [1.29, 1.82) is 0 Å². The SMILES string of the molecule is COc1cc2nc(CN3CCOCC3)n(CC(=O)NC(C)c3ccc(F)cc3)c(=O)c2cc1OC. The van der Waals surface area contributed by atoms with E-state index in [0.717, 1.165) is 5.56 Å². The van der Waals surface area contributed by atoms with Gasteiger partial charge in [0.25, 0.3) is 5.56 Å². The van der Waals surface area contributed by atoms with Crippen molar-refractivity contribution in [3.8, 4) is 11.5 Å². The summed E-state index contributed by atoms with van der Waals surface area (Å²) in [4.78, 5) is 33.4. The third-order valence-electron chi connectivity index (χ3n) is 6.06. The monoisotopic (exact) mass is 484 g/mol. The molecule has 0 saturated carbocycles. The third kappa shape index (κ3) is 5.60. The van der Waals surface area contributed by atoms with E-state index in [9.17, 15) is 14.0 Å². The summed E-state index contributed by atoms with van der Waals surface area (Å²) in [5, 5.41) is 3.21. The van der Waals surface area contributed by atoms with Crippen LogP contribution in [0.4, 0.5) is 4.39 Å². The smallest absolute Gasteiger partial charge is 0.262 e. The number of nitrogens with zero attached hydrogens (tertiary/aromatic N) is 3. The van der Waals surface area contributed by atoms with Gasteiger partial charge in [0.2, 0.25) is 5.91 Å². The maximum Gasteiger partial charge on any atom is 0.262 e. The summed E-state index contributed by atoms with van der Waals surface area (Å²) in [6.45, 7) is 4.58. The Morgan fingerprint density at radius 2 is 1.80 bits per heavy atom. The molecule has 1 aliphatic rings. The van der Waals surface area contributed by atoms with Crippen molar-refractivity contribution in [3.63, 3.8) is 0 Å². The molecule has 1 aliphatic heterocycles. The highest BCUT2D eigenvalue weighted by atomic mass is 19.1. The molecule has 3 aromatic rings. The van der Waals surface area contributed by atoms with E-state index in [1.165, 1.54) is 30.9 Å². The van der Waals surface area contributed by atoms with E-state index in [4.69, 9.17) is 19.2 Å². The summed E-state index contributed by atoms with van der Waals surface area (Å²) in [7, 11) is 3.01. The lowest BCUT2D eigenvalue weighted by Crippen LogP contribution is -2.40. The van der Waals surface area contributed by atoms with Gasteiger partial charge in [0.05, 0.1) is 50.9 Å². The first kappa shape index (κ1) is 24.6. The van der Waals surface area contributed by atoms with Crippen molar-refractivity contribution >= 4 is 16.8 Å². The Hall–Kier alpha value is -3.50. The van der Waals surface area contributed by atoms with E-state index in [1.54, 1.807) is 31.2 Å². The number of benzene rings is 2. The van der Waals surface area contributed by atoms with Gasteiger partial charge in [-0.1, -0.05) is 12.1 Å². The molecule has 0 bridgehead atoms. The highest BCUT2D eigenvalue weighted by Crippen LogP contribution is 2.30. The first-order valence-corrected chi connectivity index (χ1v) is 11.4. The number of rotatable bonds is 8. The number of halogens is 1. The molecule has 10 heteroatoms. The van der Waals surface area contributed by atoms with Crippen LogP contribution < -0.4 is 20.3 Å². The highest BCUT2D eigenvalue weighted by Gasteiger charge is 2.21. The Balaban J connectivity index is 1.68. The van der Waals surface area contributed by atoms with Crippen LogP contribution in [-0.4, -0.2) is 60.9 Å². The number of amides is 1. The summed E-state index contributed by atoms with van der Waals surface area (Å²) >= 11 is 0. The van der Waals surface area contributed by atoms with E-state index in [2.05, 4.69) is 10.2 Å². The van der Waals surface area contributed by atoms with E-state index in [1.807, 2.05) is 0 Å². The summed E-state index contributed by atoms with van der Waals surface area (Å²) in [6, 6.07) is 8.81. The second-order valence-corrected chi connectivity index (χ2v) is 8.37. The molecule has 1 aromatic heterocycles. The van der Waals surface area contributed by atoms with Gasteiger partial charge in [-0.3, -0.25) is 19.1 Å². The predicted molar refractivity (Wildman–Crippen MR) is 128 cm³/mol. The molecule has 1 fully saturated rings. The van der Waals surface area contributed by atoms with Gasteiger partial charge in [0, 0.05) is 19.2 Å². The topological polar surface area (TPSA) is 94.9 Å². The summed E-state index contributed by atoms with van der Waals surface area (Å²) < 4.78 is 30.8. The Labute approximate surface area is 202 Å². The Bertz CT molecular complexity index is 1260. The molecular formula is C25H29FN4O5. The van der Waals surface area contributed by atoms with Crippen LogP contribution >= 0.6 is 0 Å². The van der Waals surface area contributed by atoms with Crippen LogP contribution in [-0.2, 0) is 22.6 Å².